The number of rotatable bonds is 7. The summed E-state index contributed by atoms with van der Waals surface area (Å²) >= 11 is 0. The molecule has 1 fully saturated rings. The summed E-state index contributed by atoms with van der Waals surface area (Å²) in [5.41, 5.74) is 0. The van der Waals surface area contributed by atoms with Crippen LogP contribution in [0.25, 0.3) is 0 Å². The molecule has 0 saturated carbocycles. The van der Waals surface area contributed by atoms with Crippen molar-refractivity contribution in [2.45, 2.75) is 39.8 Å². The van der Waals surface area contributed by atoms with Gasteiger partial charge in [0.1, 0.15) is 12.4 Å². The second-order valence-electron chi connectivity index (χ2n) is 6.57. The molecule has 0 bridgehead atoms. The topological polar surface area (TPSA) is 61.8 Å². The molecule has 1 aliphatic rings. The van der Waals surface area contributed by atoms with Gasteiger partial charge in [0.15, 0.2) is 5.96 Å². The third kappa shape index (κ3) is 5.67. The van der Waals surface area contributed by atoms with Gasteiger partial charge >= 0.3 is 0 Å². The van der Waals surface area contributed by atoms with Crippen molar-refractivity contribution in [3.05, 3.63) is 24.5 Å². The molecule has 1 aromatic rings. The lowest BCUT2D eigenvalue weighted by molar-refractivity contribution is 0.265. The van der Waals surface area contributed by atoms with Crippen molar-refractivity contribution < 1.29 is 4.74 Å². The van der Waals surface area contributed by atoms with Crippen LogP contribution in [0.3, 0.4) is 0 Å². The summed E-state index contributed by atoms with van der Waals surface area (Å²) in [6.45, 7) is 13.1. The highest BCUT2D eigenvalue weighted by Gasteiger charge is 2.31. The number of ether oxygens (including phenoxy) is 1. The molecule has 2 unspecified atom stereocenters. The highest BCUT2D eigenvalue weighted by molar-refractivity contribution is 5.80. The predicted octanol–water partition coefficient (Wildman–Crippen LogP) is 1.74. The van der Waals surface area contributed by atoms with Crippen molar-refractivity contribution in [1.82, 2.24) is 20.5 Å². The molecule has 0 aromatic carbocycles. The number of nitrogens with zero attached hydrogens (tertiary/aromatic N) is 3. The molecule has 1 aliphatic heterocycles. The van der Waals surface area contributed by atoms with E-state index in [-0.39, 0.29) is 0 Å². The van der Waals surface area contributed by atoms with Crippen LogP contribution in [-0.4, -0.2) is 60.7 Å². The van der Waals surface area contributed by atoms with E-state index < -0.39 is 0 Å². The summed E-state index contributed by atoms with van der Waals surface area (Å²) in [6.07, 6.45) is 3.45. The van der Waals surface area contributed by atoms with Gasteiger partial charge in [-0.05, 0) is 38.8 Å². The molecule has 6 heteroatoms. The summed E-state index contributed by atoms with van der Waals surface area (Å²) in [4.78, 5) is 11.2. The van der Waals surface area contributed by atoms with Crippen LogP contribution in [-0.2, 0) is 0 Å². The van der Waals surface area contributed by atoms with Gasteiger partial charge < -0.3 is 15.4 Å². The van der Waals surface area contributed by atoms with Gasteiger partial charge in [-0.2, -0.15) is 0 Å². The fraction of sp³-hybridized carbons (Fsp3) is 0.667. The average molecular weight is 333 g/mol. The van der Waals surface area contributed by atoms with Crippen molar-refractivity contribution in [2.75, 3.05) is 32.8 Å². The van der Waals surface area contributed by atoms with Crippen LogP contribution in [0.15, 0.2) is 29.5 Å². The zero-order valence-electron chi connectivity index (χ0n) is 15.3. The first-order valence-electron chi connectivity index (χ1n) is 8.91. The molecule has 1 aromatic heterocycles. The van der Waals surface area contributed by atoms with Gasteiger partial charge in [-0.3, -0.25) is 9.88 Å². The van der Waals surface area contributed by atoms with E-state index in [1.54, 1.807) is 12.4 Å². The normalized spacial score (nSPS) is 22.0. The summed E-state index contributed by atoms with van der Waals surface area (Å²) < 4.78 is 5.64. The standard InChI is InChI=1S/C18H31N5O/c1-5-20-18(21-9-10-24-16-7-6-8-19-11-16)22-17-13-23(14(2)3)12-15(17)4/h6-8,11,14-15,17H,5,9-10,12-13H2,1-4H3,(H2,20,21,22). The lowest BCUT2D eigenvalue weighted by Crippen LogP contribution is -2.47. The van der Waals surface area contributed by atoms with Gasteiger partial charge in [-0.1, -0.05) is 6.92 Å². The average Bonchev–Trinajstić information content (AvgIpc) is 2.94. The lowest BCUT2D eigenvalue weighted by Gasteiger charge is -2.22. The molecular formula is C18H31N5O. The summed E-state index contributed by atoms with van der Waals surface area (Å²) in [5, 5.41) is 6.90. The Morgan fingerprint density at radius 1 is 1.46 bits per heavy atom. The first-order chi connectivity index (χ1) is 11.6. The van der Waals surface area contributed by atoms with Crippen LogP contribution >= 0.6 is 0 Å². The molecule has 2 atom stereocenters. The summed E-state index contributed by atoms with van der Waals surface area (Å²) in [6, 6.07) is 4.80. The van der Waals surface area contributed by atoms with Gasteiger partial charge in [-0.25, -0.2) is 4.99 Å². The van der Waals surface area contributed by atoms with Gasteiger partial charge in [0.2, 0.25) is 0 Å². The van der Waals surface area contributed by atoms with Crippen LogP contribution in [0, 0.1) is 5.92 Å². The Morgan fingerprint density at radius 3 is 2.92 bits per heavy atom. The van der Waals surface area contributed by atoms with Crippen LogP contribution in [0.4, 0.5) is 0 Å². The first kappa shape index (κ1) is 18.5. The number of pyridine rings is 1. The highest BCUT2D eigenvalue weighted by atomic mass is 16.5. The highest BCUT2D eigenvalue weighted by Crippen LogP contribution is 2.18. The maximum absolute atomic E-state index is 5.64. The lowest BCUT2D eigenvalue weighted by atomic mass is 10.1. The minimum atomic E-state index is 0.435. The Labute approximate surface area is 145 Å². The van der Waals surface area contributed by atoms with Gasteiger partial charge in [-0.15, -0.1) is 0 Å². The van der Waals surface area contributed by atoms with Gasteiger partial charge in [0.05, 0.1) is 12.7 Å². The van der Waals surface area contributed by atoms with E-state index in [4.69, 9.17) is 4.74 Å². The molecule has 0 aliphatic carbocycles. The molecule has 2 N–H and O–H groups in total. The van der Waals surface area contributed by atoms with E-state index in [1.807, 2.05) is 12.1 Å². The van der Waals surface area contributed by atoms with E-state index in [9.17, 15) is 0 Å². The van der Waals surface area contributed by atoms with Crippen molar-refractivity contribution >= 4 is 5.96 Å². The Balaban J connectivity index is 1.82. The summed E-state index contributed by atoms with van der Waals surface area (Å²) in [5.74, 6) is 2.26. The quantitative estimate of drug-likeness (QED) is 0.452. The molecule has 0 radical (unpaired) electrons. The van der Waals surface area contributed by atoms with Crippen LogP contribution < -0.4 is 15.4 Å². The Morgan fingerprint density at radius 2 is 2.29 bits per heavy atom. The number of aromatic nitrogens is 1. The largest absolute Gasteiger partial charge is 0.490 e. The first-order valence-corrected chi connectivity index (χ1v) is 8.91. The number of guanidine groups is 1. The Hall–Kier alpha value is -1.82. The molecular weight excluding hydrogens is 302 g/mol. The molecule has 2 heterocycles. The molecule has 6 nitrogen and oxygen atoms in total. The molecule has 0 amide bonds. The van der Waals surface area contributed by atoms with Crippen LogP contribution in [0.2, 0.25) is 0 Å². The van der Waals surface area contributed by atoms with Crippen molar-refractivity contribution in [3.8, 4) is 5.75 Å². The minimum absolute atomic E-state index is 0.435. The van der Waals surface area contributed by atoms with Crippen LogP contribution in [0.5, 0.6) is 5.75 Å². The van der Waals surface area contributed by atoms with Gasteiger partial charge in [0.25, 0.3) is 0 Å². The second kappa shape index (κ2) is 9.47. The number of hydrogen-bond acceptors (Lipinski definition) is 4. The fourth-order valence-electron chi connectivity index (χ4n) is 2.86. The Bertz CT molecular complexity index is 505. The van der Waals surface area contributed by atoms with Crippen LogP contribution in [0.1, 0.15) is 27.7 Å². The SMILES string of the molecule is CCNC(=NCCOc1cccnc1)NC1CN(C(C)C)CC1C. The number of likely N-dealkylation sites (tertiary alicyclic amines) is 1. The smallest absolute Gasteiger partial charge is 0.191 e. The van der Waals surface area contributed by atoms with Gasteiger partial charge in [0, 0.05) is 37.9 Å². The summed E-state index contributed by atoms with van der Waals surface area (Å²) in [7, 11) is 0. The number of nitrogens with one attached hydrogen (secondary N) is 2. The van der Waals surface area contributed by atoms with Crippen molar-refractivity contribution in [3.63, 3.8) is 0 Å². The maximum Gasteiger partial charge on any atom is 0.191 e. The predicted molar refractivity (Wildman–Crippen MR) is 98.5 cm³/mol. The van der Waals surface area contributed by atoms with E-state index in [0.717, 1.165) is 31.3 Å². The molecule has 0 spiro atoms. The number of hydrogen-bond donors (Lipinski definition) is 2. The van der Waals surface area contributed by atoms with Crippen molar-refractivity contribution in [1.29, 1.82) is 0 Å². The van der Waals surface area contributed by atoms with E-state index in [2.05, 4.69) is 53.2 Å². The zero-order chi connectivity index (χ0) is 17.4. The Kier molecular flexibility index (Phi) is 7.31. The third-order valence-corrected chi connectivity index (χ3v) is 4.30. The number of aliphatic imine (C=N–C) groups is 1. The second-order valence-corrected chi connectivity index (χ2v) is 6.57. The zero-order valence-corrected chi connectivity index (χ0v) is 15.3. The molecule has 2 rings (SSSR count). The molecule has 24 heavy (non-hydrogen) atoms. The monoisotopic (exact) mass is 333 g/mol. The van der Waals surface area contributed by atoms with E-state index in [1.165, 1.54) is 0 Å². The maximum atomic E-state index is 5.64. The third-order valence-electron chi connectivity index (χ3n) is 4.30. The minimum Gasteiger partial charge on any atom is -0.490 e. The van der Waals surface area contributed by atoms with Crippen molar-refractivity contribution in [2.24, 2.45) is 10.9 Å². The fourth-order valence-corrected chi connectivity index (χ4v) is 2.86. The molecule has 1 saturated heterocycles. The van der Waals surface area contributed by atoms with E-state index >= 15 is 0 Å². The molecule has 134 valence electrons. The van der Waals surface area contributed by atoms with E-state index in [0.29, 0.717) is 31.2 Å².